The van der Waals surface area contributed by atoms with Crippen molar-refractivity contribution in [3.8, 4) is 0 Å². The Balaban J connectivity index is 2.01. The van der Waals surface area contributed by atoms with Crippen LogP contribution in [0, 0.1) is 5.92 Å². The van der Waals surface area contributed by atoms with E-state index in [1.807, 2.05) is 36.4 Å². The van der Waals surface area contributed by atoms with Crippen LogP contribution in [0.1, 0.15) is 12.5 Å². The fourth-order valence-corrected chi connectivity index (χ4v) is 1.88. The molecule has 106 valence electrons. The van der Waals surface area contributed by atoms with Crippen molar-refractivity contribution in [2.75, 3.05) is 0 Å². The number of cyclic esters (lactones) is 1. The molecule has 0 saturated carbocycles. The van der Waals surface area contributed by atoms with Crippen LogP contribution >= 0.6 is 0 Å². The topological polar surface area (TPSA) is 60.4 Å². The Kier molecular flexibility index (Phi) is 4.61. The van der Waals surface area contributed by atoms with Crippen LogP contribution in [0.3, 0.4) is 0 Å². The first-order valence-electron chi connectivity index (χ1n) is 6.45. The molecule has 0 unspecified atom stereocenters. The molecule has 2 rings (SSSR count). The van der Waals surface area contributed by atoms with Crippen LogP contribution in [0.2, 0.25) is 0 Å². The van der Waals surface area contributed by atoms with E-state index in [9.17, 15) is 14.4 Å². The quantitative estimate of drug-likeness (QED) is 0.368. The molecule has 1 aliphatic rings. The molecule has 0 amide bonds. The van der Waals surface area contributed by atoms with Gasteiger partial charge in [-0.15, -0.1) is 0 Å². The maximum Gasteiger partial charge on any atom is 0.329 e. The Hall–Kier alpha value is -2.75. The summed E-state index contributed by atoms with van der Waals surface area (Å²) < 4.78 is 4.79. The lowest BCUT2D eigenvalue weighted by atomic mass is 9.96. The first kappa shape index (κ1) is 14.7. The van der Waals surface area contributed by atoms with Crippen molar-refractivity contribution in [1.82, 2.24) is 0 Å². The number of esters is 1. The van der Waals surface area contributed by atoms with Crippen molar-refractivity contribution in [3.05, 3.63) is 66.0 Å². The van der Waals surface area contributed by atoms with E-state index < -0.39 is 23.5 Å². The van der Waals surface area contributed by atoms with E-state index in [1.54, 1.807) is 6.08 Å². The van der Waals surface area contributed by atoms with Crippen LogP contribution in [-0.2, 0) is 19.1 Å². The van der Waals surface area contributed by atoms with Gasteiger partial charge in [0.15, 0.2) is 17.5 Å². The molecule has 4 nitrogen and oxygen atoms in total. The average molecular weight is 282 g/mol. The van der Waals surface area contributed by atoms with Crippen molar-refractivity contribution in [2.45, 2.75) is 6.92 Å². The maximum absolute atomic E-state index is 11.9. The number of benzene rings is 1. The molecule has 4 heteroatoms. The van der Waals surface area contributed by atoms with Gasteiger partial charge in [0.2, 0.25) is 0 Å². The van der Waals surface area contributed by atoms with E-state index in [2.05, 4.69) is 0 Å². The smallest absolute Gasteiger partial charge is 0.329 e. The summed E-state index contributed by atoms with van der Waals surface area (Å²) in [6.07, 6.45) is 7.36. The third kappa shape index (κ3) is 3.86. The Morgan fingerprint density at radius 3 is 2.52 bits per heavy atom. The van der Waals surface area contributed by atoms with Gasteiger partial charge in [-0.05, 0) is 18.6 Å². The van der Waals surface area contributed by atoms with E-state index in [1.165, 1.54) is 19.1 Å². The first-order chi connectivity index (χ1) is 10.1. The molecule has 1 aromatic rings. The second kappa shape index (κ2) is 6.61. The standard InChI is InChI=1S/C17H14O4/c1-12-11-15(19)16(17(20)21-12)14(18)10-6-5-9-13-7-3-2-4-8-13/h2-11,16H,1H3/b9-5+,10-6+/t16-/m1/s1. The molecule has 1 heterocycles. The maximum atomic E-state index is 11.9. The molecule has 1 atom stereocenters. The van der Waals surface area contributed by atoms with Crippen molar-refractivity contribution in [3.63, 3.8) is 0 Å². The van der Waals surface area contributed by atoms with E-state index >= 15 is 0 Å². The van der Waals surface area contributed by atoms with Crippen LogP contribution in [-0.4, -0.2) is 17.5 Å². The number of carbonyl (C=O) groups excluding carboxylic acids is 3. The molecule has 0 saturated heterocycles. The van der Waals surface area contributed by atoms with E-state index in [4.69, 9.17) is 4.74 Å². The van der Waals surface area contributed by atoms with E-state index in [-0.39, 0.29) is 5.76 Å². The van der Waals surface area contributed by atoms with Crippen LogP contribution in [0.25, 0.3) is 6.08 Å². The summed E-state index contributed by atoms with van der Waals surface area (Å²) in [5.41, 5.74) is 0.987. The summed E-state index contributed by atoms with van der Waals surface area (Å²) in [6.45, 7) is 1.49. The summed E-state index contributed by atoms with van der Waals surface area (Å²) in [5, 5.41) is 0. The fraction of sp³-hybridized carbons (Fsp3) is 0.118. The van der Waals surface area contributed by atoms with Gasteiger partial charge in [0.25, 0.3) is 0 Å². The number of carbonyl (C=O) groups is 3. The highest BCUT2D eigenvalue weighted by Gasteiger charge is 2.36. The monoisotopic (exact) mass is 282 g/mol. The zero-order valence-corrected chi connectivity index (χ0v) is 11.5. The predicted molar refractivity (Wildman–Crippen MR) is 78.0 cm³/mol. The summed E-state index contributed by atoms with van der Waals surface area (Å²) in [7, 11) is 0. The molecular weight excluding hydrogens is 268 g/mol. The van der Waals surface area contributed by atoms with Crippen molar-refractivity contribution in [1.29, 1.82) is 0 Å². The van der Waals surface area contributed by atoms with Gasteiger partial charge in [-0.3, -0.25) is 14.4 Å². The molecule has 0 aliphatic carbocycles. The highest BCUT2D eigenvalue weighted by Crippen LogP contribution is 2.16. The lowest BCUT2D eigenvalue weighted by Crippen LogP contribution is -2.34. The summed E-state index contributed by atoms with van der Waals surface area (Å²) >= 11 is 0. The third-order valence-corrected chi connectivity index (χ3v) is 2.87. The molecule has 0 spiro atoms. The number of ether oxygens (including phenoxy) is 1. The third-order valence-electron chi connectivity index (χ3n) is 2.87. The zero-order valence-electron chi connectivity index (χ0n) is 11.5. The molecule has 0 N–H and O–H groups in total. The molecule has 21 heavy (non-hydrogen) atoms. The minimum atomic E-state index is -1.38. The summed E-state index contributed by atoms with van der Waals surface area (Å²) in [4.78, 5) is 35.1. The zero-order chi connectivity index (χ0) is 15.2. The number of hydrogen-bond acceptors (Lipinski definition) is 4. The highest BCUT2D eigenvalue weighted by molar-refractivity contribution is 6.24. The van der Waals surface area contributed by atoms with Crippen molar-refractivity contribution >= 4 is 23.6 Å². The van der Waals surface area contributed by atoms with Gasteiger partial charge >= 0.3 is 5.97 Å². The van der Waals surface area contributed by atoms with Gasteiger partial charge in [0.1, 0.15) is 5.76 Å². The van der Waals surface area contributed by atoms with Gasteiger partial charge in [0.05, 0.1) is 0 Å². The predicted octanol–water partition coefficient (Wildman–Crippen LogP) is 2.47. The van der Waals surface area contributed by atoms with E-state index in [0.717, 1.165) is 11.6 Å². The van der Waals surface area contributed by atoms with Crippen molar-refractivity contribution < 1.29 is 19.1 Å². The van der Waals surface area contributed by atoms with Crippen LogP contribution < -0.4 is 0 Å². The lowest BCUT2D eigenvalue weighted by molar-refractivity contribution is -0.151. The number of rotatable bonds is 4. The highest BCUT2D eigenvalue weighted by atomic mass is 16.5. The molecule has 0 radical (unpaired) electrons. The second-order valence-electron chi connectivity index (χ2n) is 4.54. The van der Waals surface area contributed by atoms with Gasteiger partial charge in [-0.1, -0.05) is 48.6 Å². The van der Waals surface area contributed by atoms with Gasteiger partial charge in [0, 0.05) is 6.08 Å². The Labute approximate surface area is 122 Å². The Bertz CT molecular complexity index is 651. The molecule has 1 aromatic carbocycles. The normalized spacial score (nSPS) is 18.9. The fourth-order valence-electron chi connectivity index (χ4n) is 1.88. The van der Waals surface area contributed by atoms with Crippen LogP contribution in [0.15, 0.2) is 60.4 Å². The molecular formula is C17H14O4. The Morgan fingerprint density at radius 2 is 1.86 bits per heavy atom. The molecule has 0 fully saturated rings. The minimum absolute atomic E-state index is 0.210. The molecule has 0 aromatic heterocycles. The number of ketones is 2. The number of hydrogen-bond donors (Lipinski definition) is 0. The first-order valence-corrected chi connectivity index (χ1v) is 6.45. The molecule has 1 aliphatic heterocycles. The number of allylic oxidation sites excluding steroid dienone is 5. The summed E-state index contributed by atoms with van der Waals surface area (Å²) in [5.74, 6) is -3.10. The average Bonchev–Trinajstić information content (AvgIpc) is 2.43. The molecule has 0 bridgehead atoms. The van der Waals surface area contributed by atoms with E-state index in [0.29, 0.717) is 0 Å². The second-order valence-corrected chi connectivity index (χ2v) is 4.54. The SMILES string of the molecule is CC1=CC(=O)[C@@H](C(=O)/C=C/C=C/c2ccccc2)C(=O)O1. The van der Waals surface area contributed by atoms with Crippen molar-refractivity contribution in [2.24, 2.45) is 5.92 Å². The largest absolute Gasteiger partial charge is 0.430 e. The van der Waals surface area contributed by atoms with Gasteiger partial charge in [-0.25, -0.2) is 0 Å². The lowest BCUT2D eigenvalue weighted by Gasteiger charge is -2.15. The van der Waals surface area contributed by atoms with Gasteiger partial charge < -0.3 is 4.74 Å². The Morgan fingerprint density at radius 1 is 1.14 bits per heavy atom. The van der Waals surface area contributed by atoms with Crippen LogP contribution in [0.5, 0.6) is 0 Å². The minimum Gasteiger partial charge on any atom is -0.430 e. The van der Waals surface area contributed by atoms with Gasteiger partial charge in [-0.2, -0.15) is 0 Å². The summed E-state index contributed by atoms with van der Waals surface area (Å²) in [6, 6.07) is 9.55. The van der Waals surface area contributed by atoms with Crippen LogP contribution in [0.4, 0.5) is 0 Å².